The van der Waals surface area contributed by atoms with Crippen molar-refractivity contribution in [2.45, 2.75) is 18.7 Å². The zero-order chi connectivity index (χ0) is 30.8. The summed E-state index contributed by atoms with van der Waals surface area (Å²) < 4.78 is 38.6. The van der Waals surface area contributed by atoms with E-state index in [-0.39, 0.29) is 17.4 Å². The molecule has 2 amide bonds. The van der Waals surface area contributed by atoms with E-state index in [1.165, 1.54) is 18.3 Å². The monoisotopic (exact) mass is 600 g/mol. The predicted octanol–water partition coefficient (Wildman–Crippen LogP) is 4.68. The SMILES string of the molecule is COc1ccc(NC(=O)COc2ccc(/C=N\NC(=O)CN(c3ccc(C)c(C)c3)S(=O)(=O)c3ccccc3)cc2)cc1. The van der Waals surface area contributed by atoms with Gasteiger partial charge in [-0.2, -0.15) is 5.10 Å². The molecule has 0 aromatic heterocycles. The van der Waals surface area contributed by atoms with Crippen molar-refractivity contribution in [3.63, 3.8) is 0 Å². The number of hydrazone groups is 1. The highest BCUT2D eigenvalue weighted by molar-refractivity contribution is 7.92. The van der Waals surface area contributed by atoms with Gasteiger partial charge in [0.1, 0.15) is 18.0 Å². The van der Waals surface area contributed by atoms with Gasteiger partial charge in [0, 0.05) is 5.69 Å². The fourth-order valence-electron chi connectivity index (χ4n) is 3.93. The molecule has 0 bridgehead atoms. The van der Waals surface area contributed by atoms with Crippen LogP contribution >= 0.6 is 0 Å². The number of amides is 2. The molecule has 0 aliphatic rings. The van der Waals surface area contributed by atoms with Gasteiger partial charge in [0.05, 0.1) is 23.9 Å². The molecule has 0 saturated heterocycles. The van der Waals surface area contributed by atoms with E-state index in [0.717, 1.165) is 15.4 Å². The molecule has 0 saturated carbocycles. The second kappa shape index (κ2) is 14.1. The fourth-order valence-corrected chi connectivity index (χ4v) is 5.36. The van der Waals surface area contributed by atoms with Gasteiger partial charge in [0.2, 0.25) is 0 Å². The van der Waals surface area contributed by atoms with E-state index in [1.807, 2.05) is 19.9 Å². The van der Waals surface area contributed by atoms with E-state index in [0.29, 0.717) is 28.4 Å². The number of benzene rings is 4. The molecule has 2 N–H and O–H groups in total. The highest BCUT2D eigenvalue weighted by Gasteiger charge is 2.27. The van der Waals surface area contributed by atoms with Crippen molar-refractivity contribution in [2.24, 2.45) is 5.10 Å². The van der Waals surface area contributed by atoms with Crippen LogP contribution in [0.3, 0.4) is 0 Å². The number of nitrogens with zero attached hydrogens (tertiary/aromatic N) is 2. The molecule has 10 nitrogen and oxygen atoms in total. The highest BCUT2D eigenvalue weighted by atomic mass is 32.2. The first-order chi connectivity index (χ1) is 20.7. The lowest BCUT2D eigenvalue weighted by Crippen LogP contribution is -2.39. The van der Waals surface area contributed by atoms with Crippen molar-refractivity contribution in [2.75, 3.05) is 29.9 Å². The lowest BCUT2D eigenvalue weighted by molar-refractivity contribution is -0.119. The summed E-state index contributed by atoms with van der Waals surface area (Å²) in [6.07, 6.45) is 1.42. The van der Waals surface area contributed by atoms with Crippen molar-refractivity contribution in [3.05, 3.63) is 114 Å². The van der Waals surface area contributed by atoms with Crippen LogP contribution in [0.5, 0.6) is 11.5 Å². The van der Waals surface area contributed by atoms with Crippen LogP contribution in [0.1, 0.15) is 16.7 Å². The largest absolute Gasteiger partial charge is 0.497 e. The third-order valence-electron chi connectivity index (χ3n) is 6.42. The third-order valence-corrected chi connectivity index (χ3v) is 8.21. The number of methoxy groups -OCH3 is 1. The number of hydrogen-bond donors (Lipinski definition) is 2. The molecule has 0 atom stereocenters. The molecular formula is C32H32N4O6S. The van der Waals surface area contributed by atoms with Crippen LogP contribution in [-0.2, 0) is 19.6 Å². The molecule has 0 spiro atoms. The van der Waals surface area contributed by atoms with Crippen LogP contribution in [0.25, 0.3) is 0 Å². The van der Waals surface area contributed by atoms with E-state index < -0.39 is 22.5 Å². The van der Waals surface area contributed by atoms with Gasteiger partial charge in [-0.15, -0.1) is 0 Å². The van der Waals surface area contributed by atoms with E-state index in [4.69, 9.17) is 9.47 Å². The van der Waals surface area contributed by atoms with Crippen LogP contribution in [0.2, 0.25) is 0 Å². The van der Waals surface area contributed by atoms with E-state index >= 15 is 0 Å². The Hall–Kier alpha value is -5.16. The standard InChI is InChI=1S/C32H32N4O6S/c1-23-9-14-27(19-24(23)2)36(43(39,40)30-7-5-4-6-8-30)21-31(37)35-33-20-25-10-15-29(16-11-25)42-22-32(38)34-26-12-17-28(41-3)18-13-26/h4-20H,21-22H2,1-3H3,(H,34,38)(H,35,37)/b33-20-. The molecule has 4 rings (SSSR count). The molecule has 4 aromatic rings. The Balaban J connectivity index is 1.34. The minimum Gasteiger partial charge on any atom is -0.497 e. The number of sulfonamides is 1. The minimum absolute atomic E-state index is 0.0741. The Bertz CT molecular complexity index is 1690. The Morgan fingerprint density at radius 3 is 2.16 bits per heavy atom. The average Bonchev–Trinajstić information content (AvgIpc) is 3.01. The summed E-state index contributed by atoms with van der Waals surface area (Å²) in [6.45, 7) is 3.15. The first-order valence-electron chi connectivity index (χ1n) is 13.3. The number of hydrogen-bond acceptors (Lipinski definition) is 7. The number of aryl methyl sites for hydroxylation is 2. The molecule has 4 aromatic carbocycles. The molecule has 43 heavy (non-hydrogen) atoms. The molecule has 222 valence electrons. The maximum Gasteiger partial charge on any atom is 0.264 e. The summed E-state index contributed by atoms with van der Waals surface area (Å²) in [6, 6.07) is 26.8. The van der Waals surface area contributed by atoms with Crippen LogP contribution in [0.15, 0.2) is 107 Å². The maximum absolute atomic E-state index is 13.5. The Kier molecular flexibility index (Phi) is 10.1. The number of carbonyl (C=O) groups excluding carboxylic acids is 2. The molecule has 0 aliphatic carbocycles. The summed E-state index contributed by atoms with van der Waals surface area (Å²) in [7, 11) is -2.45. The van der Waals surface area contributed by atoms with Crippen molar-refractivity contribution in [1.82, 2.24) is 5.43 Å². The maximum atomic E-state index is 13.5. The van der Waals surface area contributed by atoms with Crippen LogP contribution in [-0.4, -0.2) is 46.7 Å². The third kappa shape index (κ3) is 8.43. The first-order valence-corrected chi connectivity index (χ1v) is 14.7. The quantitative estimate of drug-likeness (QED) is 0.180. The number of anilines is 2. The lowest BCUT2D eigenvalue weighted by atomic mass is 10.1. The number of rotatable bonds is 12. The summed E-state index contributed by atoms with van der Waals surface area (Å²) in [5.74, 6) is 0.230. The number of carbonyl (C=O) groups is 2. The van der Waals surface area contributed by atoms with Gasteiger partial charge in [0.15, 0.2) is 6.61 Å². The van der Waals surface area contributed by atoms with E-state index in [9.17, 15) is 18.0 Å². The van der Waals surface area contributed by atoms with Gasteiger partial charge in [-0.25, -0.2) is 13.8 Å². The van der Waals surface area contributed by atoms with Gasteiger partial charge >= 0.3 is 0 Å². The normalized spacial score (nSPS) is 11.1. The van der Waals surface area contributed by atoms with Crippen molar-refractivity contribution >= 4 is 39.4 Å². The highest BCUT2D eigenvalue weighted by Crippen LogP contribution is 2.25. The van der Waals surface area contributed by atoms with Gasteiger partial charge in [-0.05, 0) is 103 Å². The average molecular weight is 601 g/mol. The van der Waals surface area contributed by atoms with Crippen LogP contribution in [0, 0.1) is 13.8 Å². The van der Waals surface area contributed by atoms with E-state index in [1.54, 1.807) is 86.0 Å². The molecule has 0 heterocycles. The molecule has 0 fully saturated rings. The van der Waals surface area contributed by atoms with E-state index in [2.05, 4.69) is 15.8 Å². The molecule has 0 unspecified atom stereocenters. The van der Waals surface area contributed by atoms with Gasteiger partial charge in [0.25, 0.3) is 21.8 Å². The first kappa shape index (κ1) is 30.8. The van der Waals surface area contributed by atoms with Gasteiger partial charge < -0.3 is 14.8 Å². The van der Waals surface area contributed by atoms with Crippen molar-refractivity contribution in [1.29, 1.82) is 0 Å². The van der Waals surface area contributed by atoms with Gasteiger partial charge in [-0.1, -0.05) is 24.3 Å². The summed E-state index contributed by atoms with van der Waals surface area (Å²) in [4.78, 5) is 25.1. The topological polar surface area (TPSA) is 126 Å². The molecular weight excluding hydrogens is 568 g/mol. The van der Waals surface area contributed by atoms with Crippen LogP contribution < -0.4 is 24.5 Å². The summed E-state index contributed by atoms with van der Waals surface area (Å²) in [5.41, 5.74) is 5.95. The number of ether oxygens (including phenoxy) is 2. The molecule has 11 heteroatoms. The smallest absolute Gasteiger partial charge is 0.264 e. The van der Waals surface area contributed by atoms with Crippen molar-refractivity contribution < 1.29 is 27.5 Å². The predicted molar refractivity (Wildman–Crippen MR) is 166 cm³/mol. The second-order valence-corrected chi connectivity index (χ2v) is 11.4. The number of nitrogens with one attached hydrogen (secondary N) is 2. The molecule has 0 aliphatic heterocycles. The summed E-state index contributed by atoms with van der Waals surface area (Å²) in [5, 5.41) is 6.72. The Labute approximate surface area is 251 Å². The van der Waals surface area contributed by atoms with Crippen LogP contribution in [0.4, 0.5) is 11.4 Å². The minimum atomic E-state index is -4.02. The lowest BCUT2D eigenvalue weighted by Gasteiger charge is -2.24. The Morgan fingerprint density at radius 2 is 1.51 bits per heavy atom. The van der Waals surface area contributed by atoms with Gasteiger partial charge in [-0.3, -0.25) is 13.9 Å². The second-order valence-electron chi connectivity index (χ2n) is 9.52. The van der Waals surface area contributed by atoms with Crippen molar-refractivity contribution in [3.8, 4) is 11.5 Å². The zero-order valence-electron chi connectivity index (χ0n) is 24.0. The fraction of sp³-hybridized carbons (Fsp3) is 0.156. The molecule has 0 radical (unpaired) electrons. The summed E-state index contributed by atoms with van der Waals surface area (Å²) >= 11 is 0. The Morgan fingerprint density at radius 1 is 0.837 bits per heavy atom. The zero-order valence-corrected chi connectivity index (χ0v) is 24.8.